The van der Waals surface area contributed by atoms with Gasteiger partial charge in [-0.1, -0.05) is 6.92 Å². The summed E-state index contributed by atoms with van der Waals surface area (Å²) in [4.78, 5) is 22.1. The second-order valence-electron chi connectivity index (χ2n) is 7.05. The minimum atomic E-state index is -0.237. The average Bonchev–Trinajstić information content (AvgIpc) is 3.07. The molecule has 1 aliphatic rings. The zero-order valence-corrected chi connectivity index (χ0v) is 17.5. The Morgan fingerprint density at radius 1 is 1.18 bits per heavy atom. The number of fused-ring (bicyclic) bond motifs is 1. The van der Waals surface area contributed by atoms with Crippen molar-refractivity contribution in [2.45, 2.75) is 20.3 Å². The number of piperazine rings is 1. The van der Waals surface area contributed by atoms with Gasteiger partial charge in [0.05, 0.1) is 5.69 Å². The van der Waals surface area contributed by atoms with Gasteiger partial charge in [0.25, 0.3) is 5.91 Å². The lowest BCUT2D eigenvalue weighted by Gasteiger charge is -2.36. The van der Waals surface area contributed by atoms with Crippen LogP contribution in [0.3, 0.4) is 0 Å². The topological polar surface area (TPSA) is 40.9 Å². The monoisotopic (exact) mass is 444 g/mol. The lowest BCUT2D eigenvalue weighted by atomic mass is 10.2. The first-order chi connectivity index (χ1) is 13.5. The maximum absolute atomic E-state index is 13.3. The second-order valence-corrected chi connectivity index (χ2v) is 7.97. The Morgan fingerprint density at radius 2 is 1.86 bits per heavy atom. The molecule has 0 aliphatic carbocycles. The number of anilines is 1. The van der Waals surface area contributed by atoms with Gasteiger partial charge in [-0.05, 0) is 65.2 Å². The lowest BCUT2D eigenvalue weighted by molar-refractivity contribution is 0.0738. The van der Waals surface area contributed by atoms with Gasteiger partial charge in [0.2, 0.25) is 0 Å². The van der Waals surface area contributed by atoms with Gasteiger partial charge in [-0.2, -0.15) is 0 Å². The molecule has 1 aliphatic heterocycles. The van der Waals surface area contributed by atoms with Crippen LogP contribution in [0.4, 0.5) is 10.1 Å². The molecule has 3 aromatic rings. The molecule has 0 atom stereocenters. The highest BCUT2D eigenvalue weighted by Gasteiger charge is 2.27. The van der Waals surface area contributed by atoms with E-state index in [1.165, 1.54) is 12.1 Å². The van der Waals surface area contributed by atoms with E-state index in [4.69, 9.17) is 4.98 Å². The third-order valence-electron chi connectivity index (χ3n) is 5.24. The number of halogens is 2. The maximum atomic E-state index is 13.3. The molecule has 7 heteroatoms. The fourth-order valence-corrected chi connectivity index (χ4v) is 4.31. The van der Waals surface area contributed by atoms with Gasteiger partial charge in [-0.25, -0.2) is 9.37 Å². The van der Waals surface area contributed by atoms with Gasteiger partial charge < -0.3 is 9.80 Å². The summed E-state index contributed by atoms with van der Waals surface area (Å²) in [6.07, 6.45) is 2.62. The van der Waals surface area contributed by atoms with Crippen LogP contribution in [-0.4, -0.2) is 46.4 Å². The van der Waals surface area contributed by atoms with E-state index in [1.807, 2.05) is 35.4 Å². The highest BCUT2D eigenvalue weighted by molar-refractivity contribution is 9.10. The Balaban J connectivity index is 1.58. The zero-order chi connectivity index (χ0) is 19.8. The molecule has 5 nitrogen and oxygen atoms in total. The van der Waals surface area contributed by atoms with Crippen molar-refractivity contribution in [2.24, 2.45) is 0 Å². The van der Waals surface area contributed by atoms with Crippen LogP contribution in [0.5, 0.6) is 0 Å². The zero-order valence-electron chi connectivity index (χ0n) is 16.0. The number of carbonyl (C=O) groups excluding carboxylic acids is 1. The Bertz CT molecular complexity index is 1020. The summed E-state index contributed by atoms with van der Waals surface area (Å²) in [5.74, 6) is -0.223. The van der Waals surface area contributed by atoms with Gasteiger partial charge in [0, 0.05) is 42.5 Å². The van der Waals surface area contributed by atoms with Gasteiger partial charge in [0.15, 0.2) is 0 Å². The summed E-state index contributed by atoms with van der Waals surface area (Å²) in [6, 6.07) is 8.52. The number of rotatable bonds is 3. The van der Waals surface area contributed by atoms with Crippen LogP contribution in [0.15, 0.2) is 41.0 Å². The summed E-state index contributed by atoms with van der Waals surface area (Å²) in [7, 11) is 0. The quantitative estimate of drug-likeness (QED) is 0.611. The minimum Gasteiger partial charge on any atom is -0.368 e. The summed E-state index contributed by atoms with van der Waals surface area (Å²) < 4.78 is 16.0. The molecule has 146 valence electrons. The SMILES string of the molecule is CCc1nc2c(C)cc(Br)cn2c1C(=O)N1CCN(c2ccc(F)cc2)CC1. The molecule has 3 heterocycles. The second kappa shape index (κ2) is 7.54. The molecule has 0 spiro atoms. The highest BCUT2D eigenvalue weighted by atomic mass is 79.9. The molecule has 1 amide bonds. The van der Waals surface area contributed by atoms with Crippen LogP contribution in [0, 0.1) is 12.7 Å². The van der Waals surface area contributed by atoms with E-state index in [-0.39, 0.29) is 11.7 Å². The number of aromatic nitrogens is 2. The summed E-state index contributed by atoms with van der Waals surface area (Å²) in [5.41, 5.74) is 4.32. The number of hydrogen-bond acceptors (Lipinski definition) is 3. The van der Waals surface area contributed by atoms with E-state index in [0.717, 1.165) is 40.2 Å². The first-order valence-corrected chi connectivity index (χ1v) is 10.2. The summed E-state index contributed by atoms with van der Waals surface area (Å²) in [6.45, 7) is 6.72. The molecule has 28 heavy (non-hydrogen) atoms. The van der Waals surface area contributed by atoms with Gasteiger partial charge in [0.1, 0.15) is 17.2 Å². The van der Waals surface area contributed by atoms with Gasteiger partial charge in [-0.15, -0.1) is 0 Å². The van der Waals surface area contributed by atoms with Crippen LogP contribution in [0.25, 0.3) is 5.65 Å². The molecule has 0 N–H and O–H groups in total. The standard InChI is InChI=1S/C21H22BrFN4O/c1-3-18-19(27-13-15(22)12-14(2)20(27)24-18)21(28)26-10-8-25(9-11-26)17-6-4-16(23)5-7-17/h4-7,12-13H,3,8-11H2,1-2H3. The van der Waals surface area contributed by atoms with Crippen molar-refractivity contribution in [1.29, 1.82) is 0 Å². The first kappa shape index (κ1) is 18.9. The molecule has 1 saturated heterocycles. The Kier molecular flexibility index (Phi) is 5.10. The summed E-state index contributed by atoms with van der Waals surface area (Å²) in [5, 5.41) is 0. The number of carbonyl (C=O) groups is 1. The van der Waals surface area contributed by atoms with Crippen LogP contribution >= 0.6 is 15.9 Å². The van der Waals surface area contributed by atoms with Crippen molar-refractivity contribution in [3.8, 4) is 0 Å². The minimum absolute atomic E-state index is 0.0145. The van der Waals surface area contributed by atoms with Crippen LogP contribution < -0.4 is 4.90 Å². The molecular weight excluding hydrogens is 423 g/mol. The maximum Gasteiger partial charge on any atom is 0.272 e. The fraction of sp³-hybridized carbons (Fsp3) is 0.333. The van der Waals surface area contributed by atoms with Crippen LogP contribution in [0.1, 0.15) is 28.7 Å². The average molecular weight is 445 g/mol. The van der Waals surface area contributed by atoms with Crippen LogP contribution in [-0.2, 0) is 6.42 Å². The predicted molar refractivity (Wildman–Crippen MR) is 112 cm³/mol. The molecule has 0 saturated carbocycles. The Labute approximate surface area is 171 Å². The van der Waals surface area contributed by atoms with Crippen molar-refractivity contribution in [1.82, 2.24) is 14.3 Å². The highest BCUT2D eigenvalue weighted by Crippen LogP contribution is 2.23. The summed E-state index contributed by atoms with van der Waals surface area (Å²) >= 11 is 3.53. The van der Waals surface area contributed by atoms with Gasteiger partial charge >= 0.3 is 0 Å². The van der Waals surface area contributed by atoms with Crippen molar-refractivity contribution in [2.75, 3.05) is 31.1 Å². The Morgan fingerprint density at radius 3 is 2.50 bits per heavy atom. The van der Waals surface area contributed by atoms with E-state index in [0.29, 0.717) is 25.2 Å². The van der Waals surface area contributed by atoms with Crippen molar-refractivity contribution >= 4 is 33.2 Å². The molecule has 1 fully saturated rings. The number of benzene rings is 1. The van der Waals surface area contributed by atoms with Crippen molar-refractivity contribution in [3.63, 3.8) is 0 Å². The van der Waals surface area contributed by atoms with E-state index in [1.54, 1.807) is 12.1 Å². The molecular formula is C21H22BrFN4O. The van der Waals surface area contributed by atoms with Crippen molar-refractivity contribution in [3.05, 3.63) is 63.8 Å². The van der Waals surface area contributed by atoms with E-state index in [9.17, 15) is 9.18 Å². The number of nitrogens with zero attached hydrogens (tertiary/aromatic N) is 4. The fourth-order valence-electron chi connectivity index (χ4n) is 3.76. The Hall–Kier alpha value is -2.41. The number of pyridine rings is 1. The molecule has 0 radical (unpaired) electrons. The molecule has 1 aromatic carbocycles. The van der Waals surface area contributed by atoms with E-state index >= 15 is 0 Å². The largest absolute Gasteiger partial charge is 0.368 e. The number of imidazole rings is 1. The van der Waals surface area contributed by atoms with Gasteiger partial charge in [-0.3, -0.25) is 9.20 Å². The molecule has 4 rings (SSSR count). The normalized spacial score (nSPS) is 14.7. The lowest BCUT2D eigenvalue weighted by Crippen LogP contribution is -2.49. The van der Waals surface area contributed by atoms with E-state index < -0.39 is 0 Å². The predicted octanol–water partition coefficient (Wildman–Crippen LogP) is 4.07. The number of hydrogen-bond donors (Lipinski definition) is 0. The first-order valence-electron chi connectivity index (χ1n) is 9.44. The molecule has 2 aromatic heterocycles. The van der Waals surface area contributed by atoms with Crippen LogP contribution in [0.2, 0.25) is 0 Å². The van der Waals surface area contributed by atoms with Crippen molar-refractivity contribution < 1.29 is 9.18 Å². The third kappa shape index (κ3) is 3.39. The smallest absolute Gasteiger partial charge is 0.272 e. The number of amides is 1. The number of aryl methyl sites for hydroxylation is 2. The van der Waals surface area contributed by atoms with E-state index in [2.05, 4.69) is 20.8 Å². The third-order valence-corrected chi connectivity index (χ3v) is 5.67. The molecule has 0 unspecified atom stereocenters. The molecule has 0 bridgehead atoms.